The molecule has 1 aromatic carbocycles. The number of hydrogen-bond acceptors (Lipinski definition) is 5. The quantitative estimate of drug-likeness (QED) is 0.878. The molecule has 2 aliphatic heterocycles. The normalized spacial score (nSPS) is 18.1. The van der Waals surface area contributed by atoms with Crippen LogP contribution in [0.2, 0.25) is 0 Å². The molecule has 148 valence electrons. The Morgan fingerprint density at radius 2 is 1.68 bits per heavy atom. The molecular weight excluding hydrogens is 358 g/mol. The van der Waals surface area contributed by atoms with Gasteiger partial charge >= 0.3 is 0 Å². The fraction of sp³-hybridized carbons (Fsp3) is 0.429. The molecule has 0 atom stereocenters. The minimum absolute atomic E-state index is 0.0178. The van der Waals surface area contributed by atoms with Crippen molar-refractivity contribution in [1.82, 2.24) is 4.90 Å². The lowest BCUT2D eigenvalue weighted by molar-refractivity contribution is -0.121. The van der Waals surface area contributed by atoms with Crippen molar-refractivity contribution in [2.24, 2.45) is 5.92 Å². The second kappa shape index (κ2) is 8.48. The zero-order chi connectivity index (χ0) is 19.3. The smallest absolute Gasteiger partial charge is 0.289 e. The summed E-state index contributed by atoms with van der Waals surface area (Å²) >= 11 is 0. The monoisotopic (exact) mass is 383 g/mol. The Balaban J connectivity index is 1.28. The standard InChI is InChI=1S/C21H25N3O4/c25-20(16-7-9-24(10-8-16)21(26)19-2-1-13-28-19)22-17-3-5-18(6-4-17)23-11-14-27-15-12-23/h1-6,13,16H,7-12,14-15H2,(H,22,25). The predicted molar refractivity (Wildman–Crippen MR) is 105 cm³/mol. The Morgan fingerprint density at radius 3 is 2.32 bits per heavy atom. The second-order valence-electron chi connectivity index (χ2n) is 7.18. The van der Waals surface area contributed by atoms with E-state index >= 15 is 0 Å². The molecule has 0 saturated carbocycles. The summed E-state index contributed by atoms with van der Waals surface area (Å²) in [4.78, 5) is 28.9. The van der Waals surface area contributed by atoms with Crippen molar-refractivity contribution < 1.29 is 18.7 Å². The van der Waals surface area contributed by atoms with E-state index in [2.05, 4.69) is 10.2 Å². The lowest BCUT2D eigenvalue weighted by Crippen LogP contribution is -2.41. The molecule has 0 bridgehead atoms. The highest BCUT2D eigenvalue weighted by molar-refractivity contribution is 5.94. The van der Waals surface area contributed by atoms with Crippen LogP contribution in [-0.4, -0.2) is 56.1 Å². The van der Waals surface area contributed by atoms with Crippen molar-refractivity contribution in [3.05, 3.63) is 48.4 Å². The van der Waals surface area contributed by atoms with E-state index in [1.165, 1.54) is 6.26 Å². The van der Waals surface area contributed by atoms with E-state index < -0.39 is 0 Å². The zero-order valence-corrected chi connectivity index (χ0v) is 15.8. The van der Waals surface area contributed by atoms with Gasteiger partial charge in [0.15, 0.2) is 5.76 Å². The van der Waals surface area contributed by atoms with E-state index in [4.69, 9.17) is 9.15 Å². The summed E-state index contributed by atoms with van der Waals surface area (Å²) in [6.45, 7) is 4.41. The lowest BCUT2D eigenvalue weighted by atomic mass is 9.95. The third kappa shape index (κ3) is 4.20. The number of piperidine rings is 1. The van der Waals surface area contributed by atoms with Crippen LogP contribution in [0.15, 0.2) is 47.1 Å². The van der Waals surface area contributed by atoms with Crippen LogP contribution in [0.1, 0.15) is 23.4 Å². The molecule has 2 aromatic rings. The number of nitrogens with one attached hydrogen (secondary N) is 1. The topological polar surface area (TPSA) is 75.0 Å². The number of morpholine rings is 1. The molecule has 1 N–H and O–H groups in total. The maximum atomic E-state index is 12.6. The molecule has 0 radical (unpaired) electrons. The maximum absolute atomic E-state index is 12.6. The summed E-state index contributed by atoms with van der Waals surface area (Å²) in [5, 5.41) is 3.01. The highest BCUT2D eigenvalue weighted by atomic mass is 16.5. The Hall–Kier alpha value is -2.80. The number of anilines is 2. The number of rotatable bonds is 4. The number of nitrogens with zero attached hydrogens (tertiary/aromatic N) is 2. The van der Waals surface area contributed by atoms with Crippen LogP contribution in [-0.2, 0) is 9.53 Å². The molecule has 7 nitrogen and oxygen atoms in total. The van der Waals surface area contributed by atoms with Crippen LogP contribution >= 0.6 is 0 Å². The van der Waals surface area contributed by atoms with Gasteiger partial charge in [-0.25, -0.2) is 0 Å². The van der Waals surface area contributed by atoms with E-state index in [-0.39, 0.29) is 17.7 Å². The largest absolute Gasteiger partial charge is 0.459 e. The molecule has 7 heteroatoms. The zero-order valence-electron chi connectivity index (χ0n) is 15.8. The Labute approximate surface area is 164 Å². The van der Waals surface area contributed by atoms with Crippen molar-refractivity contribution in [2.75, 3.05) is 49.6 Å². The van der Waals surface area contributed by atoms with Gasteiger partial charge in [-0.1, -0.05) is 0 Å². The summed E-state index contributed by atoms with van der Waals surface area (Å²) in [7, 11) is 0. The van der Waals surface area contributed by atoms with Crippen LogP contribution in [0.4, 0.5) is 11.4 Å². The highest BCUT2D eigenvalue weighted by Crippen LogP contribution is 2.23. The molecular formula is C21H25N3O4. The van der Waals surface area contributed by atoms with E-state index in [9.17, 15) is 9.59 Å². The lowest BCUT2D eigenvalue weighted by Gasteiger charge is -2.31. The van der Waals surface area contributed by atoms with Crippen LogP contribution in [0, 0.1) is 5.92 Å². The molecule has 0 aliphatic carbocycles. The molecule has 0 spiro atoms. The van der Waals surface area contributed by atoms with Gasteiger partial charge in [-0.2, -0.15) is 0 Å². The maximum Gasteiger partial charge on any atom is 0.289 e. The first-order valence-corrected chi connectivity index (χ1v) is 9.77. The van der Waals surface area contributed by atoms with Crippen LogP contribution in [0.25, 0.3) is 0 Å². The van der Waals surface area contributed by atoms with Gasteiger partial charge in [-0.3, -0.25) is 9.59 Å². The molecule has 0 unspecified atom stereocenters. The Morgan fingerprint density at radius 1 is 0.964 bits per heavy atom. The van der Waals surface area contributed by atoms with E-state index in [0.29, 0.717) is 31.7 Å². The number of carbonyl (C=O) groups is 2. The van der Waals surface area contributed by atoms with Crippen molar-refractivity contribution >= 4 is 23.2 Å². The third-order valence-electron chi connectivity index (χ3n) is 5.40. The van der Waals surface area contributed by atoms with Crippen LogP contribution in [0.3, 0.4) is 0 Å². The van der Waals surface area contributed by atoms with Gasteiger partial charge in [-0.15, -0.1) is 0 Å². The van der Waals surface area contributed by atoms with E-state index in [0.717, 1.165) is 37.7 Å². The van der Waals surface area contributed by atoms with E-state index in [1.54, 1.807) is 17.0 Å². The van der Waals surface area contributed by atoms with Crippen molar-refractivity contribution in [1.29, 1.82) is 0 Å². The number of ether oxygens (including phenoxy) is 1. The summed E-state index contributed by atoms with van der Waals surface area (Å²) in [6, 6.07) is 11.3. The summed E-state index contributed by atoms with van der Waals surface area (Å²) < 4.78 is 10.6. The minimum atomic E-state index is -0.109. The number of likely N-dealkylation sites (tertiary alicyclic amines) is 1. The van der Waals surface area contributed by atoms with Gasteiger partial charge in [0, 0.05) is 43.5 Å². The van der Waals surface area contributed by atoms with Gasteiger partial charge in [0.2, 0.25) is 5.91 Å². The number of carbonyl (C=O) groups excluding carboxylic acids is 2. The number of benzene rings is 1. The molecule has 1 aromatic heterocycles. The van der Waals surface area contributed by atoms with Crippen LogP contribution in [0.5, 0.6) is 0 Å². The first-order chi connectivity index (χ1) is 13.7. The van der Waals surface area contributed by atoms with Crippen molar-refractivity contribution in [3.8, 4) is 0 Å². The average Bonchev–Trinajstić information content (AvgIpc) is 3.29. The van der Waals surface area contributed by atoms with Gasteiger partial charge in [0.05, 0.1) is 19.5 Å². The Kier molecular flexibility index (Phi) is 5.62. The number of amides is 2. The molecule has 3 heterocycles. The SMILES string of the molecule is O=C(Nc1ccc(N2CCOCC2)cc1)C1CCN(C(=O)c2ccco2)CC1. The summed E-state index contributed by atoms with van der Waals surface area (Å²) in [5.41, 5.74) is 1.95. The van der Waals surface area contributed by atoms with Crippen molar-refractivity contribution in [3.63, 3.8) is 0 Å². The fourth-order valence-corrected chi connectivity index (χ4v) is 3.72. The first-order valence-electron chi connectivity index (χ1n) is 9.77. The third-order valence-corrected chi connectivity index (χ3v) is 5.40. The molecule has 4 rings (SSSR count). The second-order valence-corrected chi connectivity index (χ2v) is 7.18. The minimum Gasteiger partial charge on any atom is -0.459 e. The molecule has 28 heavy (non-hydrogen) atoms. The van der Waals surface area contributed by atoms with Gasteiger partial charge < -0.3 is 24.3 Å². The number of hydrogen-bond donors (Lipinski definition) is 1. The van der Waals surface area contributed by atoms with Crippen LogP contribution < -0.4 is 10.2 Å². The fourth-order valence-electron chi connectivity index (χ4n) is 3.72. The van der Waals surface area contributed by atoms with E-state index in [1.807, 2.05) is 24.3 Å². The van der Waals surface area contributed by atoms with Gasteiger partial charge in [0.25, 0.3) is 5.91 Å². The summed E-state index contributed by atoms with van der Waals surface area (Å²) in [6.07, 6.45) is 2.81. The summed E-state index contributed by atoms with van der Waals surface area (Å²) in [5.74, 6) is 0.176. The molecule has 2 saturated heterocycles. The molecule has 2 amide bonds. The average molecular weight is 383 g/mol. The Bertz CT molecular complexity index is 790. The number of furan rings is 1. The predicted octanol–water partition coefficient (Wildman–Crippen LogP) is 2.61. The van der Waals surface area contributed by atoms with Crippen molar-refractivity contribution in [2.45, 2.75) is 12.8 Å². The van der Waals surface area contributed by atoms with Gasteiger partial charge in [0.1, 0.15) is 0 Å². The molecule has 2 aliphatic rings. The molecule has 2 fully saturated rings. The van der Waals surface area contributed by atoms with Gasteiger partial charge in [-0.05, 0) is 49.2 Å². The first kappa shape index (κ1) is 18.6. The highest BCUT2D eigenvalue weighted by Gasteiger charge is 2.28.